The van der Waals surface area contributed by atoms with Crippen LogP contribution in [0.15, 0.2) is 54.9 Å². The van der Waals surface area contributed by atoms with Crippen LogP contribution in [0.2, 0.25) is 0 Å². The molecule has 2 aromatic heterocycles. The van der Waals surface area contributed by atoms with Crippen LogP contribution in [0.1, 0.15) is 11.1 Å². The third-order valence-electron chi connectivity index (χ3n) is 6.73. The van der Waals surface area contributed by atoms with E-state index >= 15 is 0 Å². The number of nitrogens with zero attached hydrogens (tertiary/aromatic N) is 6. The summed E-state index contributed by atoms with van der Waals surface area (Å²) in [6.07, 6.45) is 1.81. The lowest BCUT2D eigenvalue weighted by Crippen LogP contribution is -2.50. The van der Waals surface area contributed by atoms with E-state index in [-0.39, 0.29) is 19.3 Å². The molecule has 4 aromatic rings. The van der Waals surface area contributed by atoms with Gasteiger partial charge in [-0.15, -0.1) is 0 Å². The first kappa shape index (κ1) is 24.0. The van der Waals surface area contributed by atoms with Gasteiger partial charge in [0.25, 0.3) is 0 Å². The van der Waals surface area contributed by atoms with Crippen LogP contribution >= 0.6 is 0 Å². The molecular formula is C27H29N7O4. The highest BCUT2D eigenvalue weighted by atomic mass is 16.7. The number of fused-ring (bicyclic) bond motifs is 2. The summed E-state index contributed by atoms with van der Waals surface area (Å²) in [5.74, 6) is 2.76. The Hall–Kier alpha value is -4.38. The SMILES string of the molecule is COCC(=O)N1CCN(c2nc(NCc3ccc4c(c3)OCO4)c3ncn(Cc4ccccc4)c3n2)CC1. The van der Waals surface area contributed by atoms with E-state index < -0.39 is 0 Å². The first-order chi connectivity index (χ1) is 18.7. The van der Waals surface area contributed by atoms with E-state index in [4.69, 9.17) is 24.2 Å². The molecule has 0 unspecified atom stereocenters. The number of methoxy groups -OCH3 is 1. The van der Waals surface area contributed by atoms with E-state index in [1.165, 1.54) is 7.11 Å². The van der Waals surface area contributed by atoms with Crippen LogP contribution in [0.3, 0.4) is 0 Å². The normalized spacial score (nSPS) is 14.8. The maximum absolute atomic E-state index is 12.3. The van der Waals surface area contributed by atoms with Gasteiger partial charge in [-0.2, -0.15) is 9.97 Å². The molecule has 1 N–H and O–H groups in total. The van der Waals surface area contributed by atoms with Gasteiger partial charge >= 0.3 is 0 Å². The number of rotatable bonds is 8. The van der Waals surface area contributed by atoms with Crippen molar-refractivity contribution in [3.05, 3.63) is 66.0 Å². The largest absolute Gasteiger partial charge is 0.454 e. The molecule has 0 radical (unpaired) electrons. The maximum atomic E-state index is 12.3. The molecule has 0 bridgehead atoms. The fourth-order valence-corrected chi connectivity index (χ4v) is 4.70. The molecule has 0 saturated carbocycles. The van der Waals surface area contributed by atoms with Crippen LogP contribution in [0.4, 0.5) is 11.8 Å². The van der Waals surface area contributed by atoms with Crippen LogP contribution < -0.4 is 19.7 Å². The van der Waals surface area contributed by atoms with Gasteiger partial charge in [0.2, 0.25) is 18.6 Å². The predicted molar refractivity (Wildman–Crippen MR) is 141 cm³/mol. The Kier molecular flexibility index (Phi) is 6.65. The number of hydrogen-bond donors (Lipinski definition) is 1. The fourth-order valence-electron chi connectivity index (χ4n) is 4.70. The smallest absolute Gasteiger partial charge is 0.248 e. The van der Waals surface area contributed by atoms with Gasteiger partial charge in [-0.05, 0) is 23.3 Å². The Labute approximate surface area is 220 Å². The molecule has 11 heteroatoms. The maximum Gasteiger partial charge on any atom is 0.248 e. The van der Waals surface area contributed by atoms with Gasteiger partial charge in [-0.25, -0.2) is 4.98 Å². The molecule has 38 heavy (non-hydrogen) atoms. The Bertz CT molecular complexity index is 1430. The molecule has 1 amide bonds. The second-order valence-electron chi connectivity index (χ2n) is 9.24. The van der Waals surface area contributed by atoms with Crippen molar-refractivity contribution in [1.29, 1.82) is 0 Å². The quantitative estimate of drug-likeness (QED) is 0.379. The summed E-state index contributed by atoms with van der Waals surface area (Å²) in [7, 11) is 1.54. The van der Waals surface area contributed by atoms with Crippen molar-refractivity contribution in [2.24, 2.45) is 0 Å². The number of hydrogen-bond acceptors (Lipinski definition) is 9. The fraction of sp³-hybridized carbons (Fsp3) is 0.333. The summed E-state index contributed by atoms with van der Waals surface area (Å²) in [5.41, 5.74) is 3.66. The number of ether oxygens (including phenoxy) is 3. The van der Waals surface area contributed by atoms with Gasteiger partial charge in [0.05, 0.1) is 12.9 Å². The van der Waals surface area contributed by atoms with Crippen molar-refractivity contribution in [2.75, 3.05) is 56.9 Å². The van der Waals surface area contributed by atoms with E-state index in [2.05, 4.69) is 27.3 Å². The first-order valence-electron chi connectivity index (χ1n) is 12.6. The van der Waals surface area contributed by atoms with Gasteiger partial charge in [-0.1, -0.05) is 36.4 Å². The van der Waals surface area contributed by atoms with E-state index in [1.807, 2.05) is 52.2 Å². The molecule has 0 aliphatic carbocycles. The topological polar surface area (TPSA) is 107 Å². The molecule has 1 saturated heterocycles. The average Bonchev–Trinajstić information content (AvgIpc) is 3.59. The lowest BCUT2D eigenvalue weighted by Gasteiger charge is -2.34. The molecule has 2 aliphatic rings. The number of aromatic nitrogens is 4. The summed E-state index contributed by atoms with van der Waals surface area (Å²) in [6.45, 7) is 3.96. The van der Waals surface area contributed by atoms with Gasteiger partial charge in [0.15, 0.2) is 28.5 Å². The zero-order valence-corrected chi connectivity index (χ0v) is 21.2. The minimum atomic E-state index is -0.00413. The van der Waals surface area contributed by atoms with E-state index in [0.29, 0.717) is 56.6 Å². The number of amides is 1. The monoisotopic (exact) mass is 515 g/mol. The zero-order chi connectivity index (χ0) is 25.9. The molecule has 2 aromatic carbocycles. The van der Waals surface area contributed by atoms with Crippen LogP contribution in [-0.2, 0) is 22.6 Å². The molecule has 11 nitrogen and oxygen atoms in total. The first-order valence-corrected chi connectivity index (χ1v) is 12.6. The number of nitrogens with one attached hydrogen (secondary N) is 1. The lowest BCUT2D eigenvalue weighted by molar-refractivity contribution is -0.135. The summed E-state index contributed by atoms with van der Waals surface area (Å²) >= 11 is 0. The number of piperazine rings is 1. The van der Waals surface area contributed by atoms with Crippen molar-refractivity contribution in [1.82, 2.24) is 24.4 Å². The average molecular weight is 516 g/mol. The standard InChI is InChI=1S/C27H29N7O4/c1-36-16-23(35)32-9-11-33(12-10-32)27-30-25(28-14-20-7-8-21-22(13-20)38-18-37-21)24-26(31-27)34(17-29-24)15-19-5-3-2-4-6-19/h2-8,13,17H,9-12,14-16,18H2,1H3,(H,28,30,31). The molecule has 196 valence electrons. The number of carbonyl (C=O) groups excluding carboxylic acids is 1. The van der Waals surface area contributed by atoms with Crippen molar-refractivity contribution in [3.63, 3.8) is 0 Å². The third-order valence-corrected chi connectivity index (χ3v) is 6.73. The summed E-state index contributed by atoms with van der Waals surface area (Å²) < 4.78 is 18.0. The minimum absolute atomic E-state index is 0.00413. The lowest BCUT2D eigenvalue weighted by atomic mass is 10.2. The van der Waals surface area contributed by atoms with Crippen molar-refractivity contribution < 1.29 is 19.0 Å². The number of imidazole rings is 1. The Morgan fingerprint density at radius 3 is 2.63 bits per heavy atom. The number of anilines is 2. The third kappa shape index (κ3) is 4.92. The van der Waals surface area contributed by atoms with Crippen LogP contribution in [0.25, 0.3) is 11.2 Å². The summed E-state index contributed by atoms with van der Waals surface area (Å²) in [6, 6.07) is 16.1. The van der Waals surface area contributed by atoms with Gasteiger partial charge in [0, 0.05) is 39.8 Å². The van der Waals surface area contributed by atoms with Crippen molar-refractivity contribution in [2.45, 2.75) is 13.1 Å². The highest BCUT2D eigenvalue weighted by molar-refractivity contribution is 5.84. The Morgan fingerprint density at radius 1 is 1.00 bits per heavy atom. The predicted octanol–water partition coefficient (Wildman–Crippen LogP) is 2.51. The van der Waals surface area contributed by atoms with E-state index in [1.54, 1.807) is 0 Å². The summed E-state index contributed by atoms with van der Waals surface area (Å²) in [4.78, 5) is 30.7. The van der Waals surface area contributed by atoms with Crippen LogP contribution in [0, 0.1) is 0 Å². The van der Waals surface area contributed by atoms with Crippen molar-refractivity contribution >= 4 is 28.8 Å². The molecule has 2 aliphatic heterocycles. The summed E-state index contributed by atoms with van der Waals surface area (Å²) in [5, 5.41) is 3.46. The highest BCUT2D eigenvalue weighted by Gasteiger charge is 2.24. The molecule has 4 heterocycles. The van der Waals surface area contributed by atoms with Crippen molar-refractivity contribution in [3.8, 4) is 11.5 Å². The number of carbonyl (C=O) groups is 1. The molecule has 0 atom stereocenters. The van der Waals surface area contributed by atoms with Crippen LogP contribution in [-0.4, -0.2) is 77.0 Å². The minimum Gasteiger partial charge on any atom is -0.454 e. The molecule has 1 fully saturated rings. The van der Waals surface area contributed by atoms with Gasteiger partial charge in [-0.3, -0.25) is 4.79 Å². The Balaban J connectivity index is 1.28. The second-order valence-corrected chi connectivity index (χ2v) is 9.24. The Morgan fingerprint density at radius 2 is 1.82 bits per heavy atom. The highest BCUT2D eigenvalue weighted by Crippen LogP contribution is 2.33. The molecular weight excluding hydrogens is 486 g/mol. The zero-order valence-electron chi connectivity index (χ0n) is 21.2. The van der Waals surface area contributed by atoms with Crippen LogP contribution in [0.5, 0.6) is 11.5 Å². The number of benzene rings is 2. The molecule has 6 rings (SSSR count). The second kappa shape index (κ2) is 10.5. The van der Waals surface area contributed by atoms with E-state index in [9.17, 15) is 4.79 Å². The van der Waals surface area contributed by atoms with Gasteiger partial charge < -0.3 is 33.9 Å². The van der Waals surface area contributed by atoms with Gasteiger partial charge in [0.1, 0.15) is 6.61 Å². The van der Waals surface area contributed by atoms with E-state index in [0.717, 1.165) is 28.3 Å². The molecule has 0 spiro atoms.